The van der Waals surface area contributed by atoms with Gasteiger partial charge in [-0.05, 0) is 74.3 Å². The molecule has 0 bridgehead atoms. The van der Waals surface area contributed by atoms with Gasteiger partial charge in [0, 0.05) is 28.7 Å². The molecule has 0 radical (unpaired) electrons. The Morgan fingerprint density at radius 1 is 0.905 bits per heavy atom. The SMILES string of the molecule is CC(C(=O)Nc1ccc2[nH]c(O)c(C(=Nc3ccc(CN4CCCCC4)cc3)c3ccccc3)c2c1)c1ccccc1. The van der Waals surface area contributed by atoms with Crippen LogP contribution in [-0.2, 0) is 11.3 Å². The second-order valence-electron chi connectivity index (χ2n) is 11.1. The van der Waals surface area contributed by atoms with E-state index in [9.17, 15) is 9.90 Å². The minimum Gasteiger partial charge on any atom is -0.494 e. The van der Waals surface area contributed by atoms with Gasteiger partial charge in [0.05, 0.1) is 22.9 Å². The summed E-state index contributed by atoms with van der Waals surface area (Å²) in [4.78, 5) is 23.8. The zero-order chi connectivity index (χ0) is 28.9. The van der Waals surface area contributed by atoms with E-state index in [2.05, 4.69) is 27.3 Å². The molecule has 6 heteroatoms. The number of carbonyl (C=O) groups is 1. The maximum Gasteiger partial charge on any atom is 0.231 e. The molecule has 6 rings (SSSR count). The molecule has 0 spiro atoms. The van der Waals surface area contributed by atoms with Gasteiger partial charge in [-0.1, -0.05) is 79.2 Å². The molecule has 0 aliphatic carbocycles. The molecule has 1 aliphatic heterocycles. The van der Waals surface area contributed by atoms with Gasteiger partial charge in [0.15, 0.2) is 5.88 Å². The predicted molar refractivity (Wildman–Crippen MR) is 171 cm³/mol. The minimum atomic E-state index is -0.305. The van der Waals surface area contributed by atoms with Crippen LogP contribution in [0.15, 0.2) is 108 Å². The Morgan fingerprint density at radius 2 is 1.60 bits per heavy atom. The number of hydrogen-bond acceptors (Lipinski definition) is 4. The van der Waals surface area contributed by atoms with Gasteiger partial charge in [0.25, 0.3) is 0 Å². The van der Waals surface area contributed by atoms with Crippen LogP contribution in [0.1, 0.15) is 54.4 Å². The fraction of sp³-hybridized carbons (Fsp3) is 0.222. The Bertz CT molecular complexity index is 1690. The average Bonchev–Trinajstić information content (AvgIpc) is 3.36. The molecule has 4 aromatic carbocycles. The molecule has 3 N–H and O–H groups in total. The third kappa shape index (κ3) is 6.14. The number of fused-ring (bicyclic) bond motifs is 1. The number of anilines is 1. The van der Waals surface area contributed by atoms with Crippen molar-refractivity contribution in [1.29, 1.82) is 0 Å². The number of benzene rings is 4. The van der Waals surface area contributed by atoms with Crippen molar-refractivity contribution in [2.24, 2.45) is 4.99 Å². The third-order valence-corrected chi connectivity index (χ3v) is 8.06. The van der Waals surface area contributed by atoms with E-state index in [4.69, 9.17) is 4.99 Å². The van der Waals surface area contributed by atoms with Gasteiger partial charge in [0.1, 0.15) is 0 Å². The van der Waals surface area contributed by atoms with Gasteiger partial charge in [-0.3, -0.25) is 9.69 Å². The summed E-state index contributed by atoms with van der Waals surface area (Å²) in [5.74, 6) is -0.362. The van der Waals surface area contributed by atoms with Gasteiger partial charge < -0.3 is 15.4 Å². The number of rotatable bonds is 8. The van der Waals surface area contributed by atoms with Crippen molar-refractivity contribution in [2.75, 3.05) is 18.4 Å². The van der Waals surface area contributed by atoms with E-state index in [-0.39, 0.29) is 17.7 Å². The first-order valence-corrected chi connectivity index (χ1v) is 14.7. The van der Waals surface area contributed by atoms with Gasteiger partial charge >= 0.3 is 0 Å². The molecule has 0 saturated carbocycles. The fourth-order valence-electron chi connectivity index (χ4n) is 5.68. The van der Waals surface area contributed by atoms with Gasteiger partial charge in [-0.25, -0.2) is 4.99 Å². The maximum atomic E-state index is 13.1. The van der Waals surface area contributed by atoms with E-state index in [0.29, 0.717) is 17.0 Å². The number of carbonyl (C=O) groups excluding carboxylic acids is 1. The van der Waals surface area contributed by atoms with Crippen molar-refractivity contribution in [3.05, 3.63) is 125 Å². The van der Waals surface area contributed by atoms with Gasteiger partial charge in [-0.15, -0.1) is 0 Å². The lowest BCUT2D eigenvalue weighted by Gasteiger charge is -2.26. The van der Waals surface area contributed by atoms with Crippen LogP contribution in [-0.4, -0.2) is 39.7 Å². The topological polar surface area (TPSA) is 80.7 Å². The summed E-state index contributed by atoms with van der Waals surface area (Å²) in [6.45, 7) is 5.17. The summed E-state index contributed by atoms with van der Waals surface area (Å²) in [6.07, 6.45) is 3.87. The molecule has 1 amide bonds. The lowest BCUT2D eigenvalue weighted by Crippen LogP contribution is -2.28. The number of aromatic amines is 1. The smallest absolute Gasteiger partial charge is 0.231 e. The lowest BCUT2D eigenvalue weighted by atomic mass is 9.99. The van der Waals surface area contributed by atoms with Crippen LogP contribution in [0.2, 0.25) is 0 Å². The Labute approximate surface area is 246 Å². The molecule has 42 heavy (non-hydrogen) atoms. The van der Waals surface area contributed by atoms with Crippen molar-refractivity contribution < 1.29 is 9.90 Å². The quantitative estimate of drug-likeness (QED) is 0.171. The van der Waals surface area contributed by atoms with Crippen LogP contribution in [0.4, 0.5) is 11.4 Å². The Hall–Kier alpha value is -4.68. The number of aromatic nitrogens is 1. The number of amides is 1. The first-order valence-electron chi connectivity index (χ1n) is 14.7. The minimum absolute atomic E-state index is 0.0375. The van der Waals surface area contributed by atoms with Crippen molar-refractivity contribution in [2.45, 2.75) is 38.6 Å². The predicted octanol–water partition coefficient (Wildman–Crippen LogP) is 7.77. The van der Waals surface area contributed by atoms with E-state index in [1.165, 1.54) is 24.8 Å². The molecule has 212 valence electrons. The third-order valence-electron chi connectivity index (χ3n) is 8.06. The fourth-order valence-corrected chi connectivity index (χ4v) is 5.68. The van der Waals surface area contributed by atoms with Crippen molar-refractivity contribution in [3.8, 4) is 5.88 Å². The van der Waals surface area contributed by atoms with E-state index in [0.717, 1.165) is 47.4 Å². The van der Waals surface area contributed by atoms with Crippen LogP contribution < -0.4 is 5.32 Å². The Kier molecular flexibility index (Phi) is 8.15. The summed E-state index contributed by atoms with van der Waals surface area (Å²) in [7, 11) is 0. The largest absolute Gasteiger partial charge is 0.494 e. The van der Waals surface area contributed by atoms with Crippen molar-refractivity contribution in [1.82, 2.24) is 9.88 Å². The normalized spacial score (nSPS) is 15.0. The zero-order valence-electron chi connectivity index (χ0n) is 23.9. The lowest BCUT2D eigenvalue weighted by molar-refractivity contribution is -0.117. The van der Waals surface area contributed by atoms with E-state index in [1.54, 1.807) is 0 Å². The number of nitrogens with one attached hydrogen (secondary N) is 2. The highest BCUT2D eigenvalue weighted by Crippen LogP contribution is 2.33. The van der Waals surface area contributed by atoms with E-state index in [1.807, 2.05) is 97.9 Å². The summed E-state index contributed by atoms with van der Waals surface area (Å²) < 4.78 is 0. The van der Waals surface area contributed by atoms with Crippen LogP contribution in [0.25, 0.3) is 10.9 Å². The molecule has 1 aromatic heterocycles. The summed E-state index contributed by atoms with van der Waals surface area (Å²) in [5, 5.41) is 15.0. The first-order chi connectivity index (χ1) is 20.5. The van der Waals surface area contributed by atoms with Crippen LogP contribution >= 0.6 is 0 Å². The number of nitrogens with zero attached hydrogens (tertiary/aromatic N) is 2. The second kappa shape index (κ2) is 12.5. The number of aliphatic imine (C=N–C) groups is 1. The summed E-state index contributed by atoms with van der Waals surface area (Å²) in [5.41, 5.74) is 6.60. The molecule has 1 atom stereocenters. The Morgan fingerprint density at radius 3 is 2.31 bits per heavy atom. The van der Waals surface area contributed by atoms with Crippen molar-refractivity contribution >= 4 is 33.9 Å². The van der Waals surface area contributed by atoms with Gasteiger partial charge in [-0.2, -0.15) is 0 Å². The zero-order valence-corrected chi connectivity index (χ0v) is 23.9. The molecule has 2 heterocycles. The van der Waals surface area contributed by atoms with E-state index >= 15 is 0 Å². The molecular weight excluding hydrogens is 520 g/mol. The van der Waals surface area contributed by atoms with Gasteiger partial charge in [0.2, 0.25) is 5.91 Å². The van der Waals surface area contributed by atoms with Crippen LogP contribution in [0, 0.1) is 0 Å². The maximum absolute atomic E-state index is 13.1. The molecule has 1 aliphatic rings. The number of likely N-dealkylation sites (tertiary alicyclic amines) is 1. The molecule has 1 saturated heterocycles. The number of piperidine rings is 1. The number of H-pyrrole nitrogens is 1. The average molecular weight is 557 g/mol. The highest BCUT2D eigenvalue weighted by molar-refractivity contribution is 6.22. The number of aromatic hydroxyl groups is 1. The first kappa shape index (κ1) is 27.5. The highest BCUT2D eigenvalue weighted by Gasteiger charge is 2.21. The molecule has 5 aromatic rings. The van der Waals surface area contributed by atoms with Crippen LogP contribution in [0.5, 0.6) is 5.88 Å². The van der Waals surface area contributed by atoms with Crippen molar-refractivity contribution in [3.63, 3.8) is 0 Å². The van der Waals surface area contributed by atoms with Crippen LogP contribution in [0.3, 0.4) is 0 Å². The number of hydrogen-bond donors (Lipinski definition) is 3. The highest BCUT2D eigenvalue weighted by atomic mass is 16.3. The molecule has 1 fully saturated rings. The molecule has 1 unspecified atom stereocenters. The second-order valence-corrected chi connectivity index (χ2v) is 11.1. The molecule has 6 nitrogen and oxygen atoms in total. The standard InChI is InChI=1S/C36H36N4O2/c1-25(27-11-5-2-6-12-27)35(41)38-30-19-20-32-31(23-30)33(36(42)39-32)34(28-13-7-3-8-14-28)37-29-17-15-26(16-18-29)24-40-21-9-4-10-22-40/h2-3,5-8,11-20,23,25,39,42H,4,9-10,21-22,24H2,1H3,(H,38,41). The summed E-state index contributed by atoms with van der Waals surface area (Å²) >= 11 is 0. The monoisotopic (exact) mass is 556 g/mol. The summed E-state index contributed by atoms with van der Waals surface area (Å²) in [6, 6.07) is 33.6. The Balaban J connectivity index is 1.33. The van der Waals surface area contributed by atoms with E-state index < -0.39 is 0 Å². The molecular formula is C36H36N4O2.